The second kappa shape index (κ2) is 8.85. The maximum atomic E-state index is 12.1. The Balaban J connectivity index is 1.64. The molecule has 0 aliphatic carbocycles. The fraction of sp³-hybridized carbons (Fsp3) is 0.190. The zero-order chi connectivity index (χ0) is 19.9. The van der Waals surface area contributed by atoms with Gasteiger partial charge in [-0.2, -0.15) is 0 Å². The molecule has 3 aromatic rings. The van der Waals surface area contributed by atoms with E-state index in [1.54, 1.807) is 39.4 Å². The number of esters is 1. The molecule has 0 bridgehead atoms. The summed E-state index contributed by atoms with van der Waals surface area (Å²) in [4.78, 5) is 12.1. The molecule has 1 aromatic heterocycles. The molecular formula is C21H20N2O5. The number of methoxy groups -OCH3 is 2. The Kier molecular flexibility index (Phi) is 6.06. The number of rotatable bonds is 7. The molecule has 3 rings (SSSR count). The van der Waals surface area contributed by atoms with Gasteiger partial charge in [-0.05, 0) is 43.3 Å². The van der Waals surface area contributed by atoms with Crippen LogP contribution in [0.5, 0.6) is 11.5 Å². The molecule has 2 aromatic carbocycles. The second-order valence-electron chi connectivity index (χ2n) is 5.83. The summed E-state index contributed by atoms with van der Waals surface area (Å²) >= 11 is 0. The van der Waals surface area contributed by atoms with Gasteiger partial charge in [0.25, 0.3) is 5.89 Å². The van der Waals surface area contributed by atoms with Crippen molar-refractivity contribution in [3.8, 4) is 23.0 Å². The molecule has 0 saturated heterocycles. The van der Waals surface area contributed by atoms with Crippen LogP contribution in [-0.4, -0.2) is 30.4 Å². The third-order valence-electron chi connectivity index (χ3n) is 3.96. The van der Waals surface area contributed by atoms with Gasteiger partial charge in [-0.3, -0.25) is 0 Å². The second-order valence-corrected chi connectivity index (χ2v) is 5.83. The largest absolute Gasteiger partial charge is 0.497 e. The summed E-state index contributed by atoms with van der Waals surface area (Å²) in [5.41, 5.74) is 1.52. The molecule has 0 amide bonds. The van der Waals surface area contributed by atoms with Crippen molar-refractivity contribution in [2.75, 3.05) is 14.2 Å². The highest BCUT2D eigenvalue weighted by atomic mass is 16.6. The number of hydrogen-bond donors (Lipinski definition) is 0. The zero-order valence-corrected chi connectivity index (χ0v) is 15.8. The van der Waals surface area contributed by atoms with Crippen molar-refractivity contribution in [3.63, 3.8) is 0 Å². The molecule has 0 saturated carbocycles. The molecule has 0 spiro atoms. The van der Waals surface area contributed by atoms with E-state index in [1.807, 2.05) is 36.4 Å². The summed E-state index contributed by atoms with van der Waals surface area (Å²) in [6.45, 7) is 1.67. The van der Waals surface area contributed by atoms with Crippen molar-refractivity contribution < 1.29 is 23.4 Å². The molecule has 0 aliphatic heterocycles. The number of aromatic nitrogens is 2. The Hall–Kier alpha value is -3.61. The van der Waals surface area contributed by atoms with Gasteiger partial charge in [-0.15, -0.1) is 10.2 Å². The van der Waals surface area contributed by atoms with E-state index < -0.39 is 12.1 Å². The summed E-state index contributed by atoms with van der Waals surface area (Å²) in [6.07, 6.45) is 2.27. The van der Waals surface area contributed by atoms with E-state index in [0.717, 1.165) is 16.9 Å². The average Bonchev–Trinajstić information content (AvgIpc) is 3.23. The molecule has 7 heteroatoms. The Morgan fingerprint density at radius 2 is 1.79 bits per heavy atom. The van der Waals surface area contributed by atoms with Crippen molar-refractivity contribution in [3.05, 3.63) is 66.1 Å². The van der Waals surface area contributed by atoms with E-state index in [-0.39, 0.29) is 5.89 Å². The third-order valence-corrected chi connectivity index (χ3v) is 3.96. The van der Waals surface area contributed by atoms with Crippen LogP contribution in [0.1, 0.15) is 24.5 Å². The van der Waals surface area contributed by atoms with Gasteiger partial charge in [0.15, 0.2) is 6.10 Å². The standard InChI is InChI=1S/C21H20N2O5/c1-14(27-19(24)13-10-15-6-4-5-7-18(15)26-3)20-22-23-21(28-20)16-8-11-17(25-2)12-9-16/h4-14H,1-3H3/b13-10+/t14-/m0/s1. The van der Waals surface area contributed by atoms with Crippen LogP contribution in [0.4, 0.5) is 0 Å². The number of hydrogen-bond acceptors (Lipinski definition) is 7. The number of para-hydroxylation sites is 1. The van der Waals surface area contributed by atoms with Crippen LogP contribution < -0.4 is 9.47 Å². The first-order valence-corrected chi connectivity index (χ1v) is 8.60. The normalized spacial score (nSPS) is 12.0. The summed E-state index contributed by atoms with van der Waals surface area (Å²) in [5, 5.41) is 7.97. The molecule has 144 valence electrons. The van der Waals surface area contributed by atoms with E-state index in [0.29, 0.717) is 11.6 Å². The Labute approximate surface area is 162 Å². The van der Waals surface area contributed by atoms with Gasteiger partial charge in [0, 0.05) is 17.2 Å². The highest BCUT2D eigenvalue weighted by Crippen LogP contribution is 2.24. The molecule has 0 unspecified atom stereocenters. The minimum absolute atomic E-state index is 0.213. The molecule has 0 radical (unpaired) electrons. The topological polar surface area (TPSA) is 83.7 Å². The number of carbonyl (C=O) groups excluding carboxylic acids is 1. The van der Waals surface area contributed by atoms with Crippen molar-refractivity contribution in [1.29, 1.82) is 0 Å². The maximum absolute atomic E-state index is 12.1. The van der Waals surface area contributed by atoms with Gasteiger partial charge in [0.1, 0.15) is 11.5 Å². The molecule has 1 atom stereocenters. The zero-order valence-electron chi connectivity index (χ0n) is 15.8. The van der Waals surface area contributed by atoms with E-state index in [1.165, 1.54) is 6.08 Å². The summed E-state index contributed by atoms with van der Waals surface area (Å²) in [6, 6.07) is 14.6. The van der Waals surface area contributed by atoms with Crippen molar-refractivity contribution in [1.82, 2.24) is 10.2 Å². The number of nitrogens with zero attached hydrogens (tertiary/aromatic N) is 2. The minimum atomic E-state index is -0.686. The fourth-order valence-corrected chi connectivity index (χ4v) is 2.47. The van der Waals surface area contributed by atoms with Crippen LogP contribution >= 0.6 is 0 Å². The van der Waals surface area contributed by atoms with Crippen molar-refractivity contribution >= 4 is 12.0 Å². The number of carbonyl (C=O) groups is 1. The number of ether oxygens (including phenoxy) is 3. The molecule has 7 nitrogen and oxygen atoms in total. The maximum Gasteiger partial charge on any atom is 0.331 e. The monoisotopic (exact) mass is 380 g/mol. The molecule has 0 N–H and O–H groups in total. The Morgan fingerprint density at radius 3 is 2.50 bits per heavy atom. The predicted molar refractivity (Wildman–Crippen MR) is 103 cm³/mol. The van der Waals surface area contributed by atoms with Crippen molar-refractivity contribution in [2.24, 2.45) is 0 Å². The summed E-state index contributed by atoms with van der Waals surface area (Å²) in [7, 11) is 3.17. The highest BCUT2D eigenvalue weighted by Gasteiger charge is 2.18. The van der Waals surface area contributed by atoms with Gasteiger partial charge in [-0.1, -0.05) is 18.2 Å². The van der Waals surface area contributed by atoms with Gasteiger partial charge < -0.3 is 18.6 Å². The average molecular weight is 380 g/mol. The summed E-state index contributed by atoms with van der Waals surface area (Å²) < 4.78 is 21.3. The number of benzene rings is 2. The van der Waals surface area contributed by atoms with Crippen LogP contribution in [0.2, 0.25) is 0 Å². The lowest BCUT2D eigenvalue weighted by molar-refractivity contribution is -0.143. The van der Waals surface area contributed by atoms with Crippen LogP contribution in [-0.2, 0) is 9.53 Å². The molecule has 28 heavy (non-hydrogen) atoms. The molecule has 0 aliphatic rings. The Bertz CT molecular complexity index is 963. The minimum Gasteiger partial charge on any atom is -0.497 e. The van der Waals surface area contributed by atoms with Crippen LogP contribution in [0, 0.1) is 0 Å². The van der Waals surface area contributed by atoms with Crippen LogP contribution in [0.25, 0.3) is 17.5 Å². The van der Waals surface area contributed by atoms with E-state index >= 15 is 0 Å². The summed E-state index contributed by atoms with van der Waals surface area (Å²) in [5.74, 6) is 1.42. The lowest BCUT2D eigenvalue weighted by Gasteiger charge is -2.07. The van der Waals surface area contributed by atoms with E-state index in [9.17, 15) is 4.79 Å². The highest BCUT2D eigenvalue weighted by molar-refractivity contribution is 5.87. The first-order valence-electron chi connectivity index (χ1n) is 8.60. The first kappa shape index (κ1) is 19.2. The van der Waals surface area contributed by atoms with Crippen LogP contribution in [0.15, 0.2) is 59.0 Å². The van der Waals surface area contributed by atoms with E-state index in [4.69, 9.17) is 18.6 Å². The third kappa shape index (κ3) is 4.56. The molecule has 0 fully saturated rings. The predicted octanol–water partition coefficient (Wildman–Crippen LogP) is 4.07. The van der Waals surface area contributed by atoms with Gasteiger partial charge in [0.2, 0.25) is 5.89 Å². The van der Waals surface area contributed by atoms with Gasteiger partial charge >= 0.3 is 5.97 Å². The van der Waals surface area contributed by atoms with Crippen LogP contribution in [0.3, 0.4) is 0 Å². The Morgan fingerprint density at radius 1 is 1.04 bits per heavy atom. The molecular weight excluding hydrogens is 360 g/mol. The van der Waals surface area contributed by atoms with Gasteiger partial charge in [-0.25, -0.2) is 4.79 Å². The lowest BCUT2D eigenvalue weighted by Crippen LogP contribution is -2.06. The fourth-order valence-electron chi connectivity index (χ4n) is 2.47. The smallest absolute Gasteiger partial charge is 0.331 e. The first-order chi connectivity index (χ1) is 13.6. The lowest BCUT2D eigenvalue weighted by atomic mass is 10.2. The van der Waals surface area contributed by atoms with E-state index in [2.05, 4.69) is 10.2 Å². The molecule has 1 heterocycles. The van der Waals surface area contributed by atoms with Gasteiger partial charge in [0.05, 0.1) is 14.2 Å². The van der Waals surface area contributed by atoms with Crippen molar-refractivity contribution in [2.45, 2.75) is 13.0 Å². The SMILES string of the molecule is COc1ccc(-c2nnc([C@H](C)OC(=O)/C=C/c3ccccc3OC)o2)cc1. The quantitative estimate of drug-likeness (QED) is 0.451.